The molecule has 0 amide bonds. The van der Waals surface area contributed by atoms with Gasteiger partial charge in [-0.15, -0.1) is 0 Å². The molecule has 0 spiro atoms. The number of nitrogens with zero attached hydrogens (tertiary/aromatic N) is 2. The van der Waals surface area contributed by atoms with Gasteiger partial charge in [-0.1, -0.05) is 164 Å². The summed E-state index contributed by atoms with van der Waals surface area (Å²) in [6.07, 6.45) is 0. The summed E-state index contributed by atoms with van der Waals surface area (Å²) in [5.41, 5.74) is 16.4. The number of hydrogen-bond donors (Lipinski definition) is 0. The number of anilines is 3. The molecule has 0 bridgehead atoms. The van der Waals surface area contributed by atoms with E-state index in [9.17, 15) is 0 Å². The van der Waals surface area contributed by atoms with Crippen molar-refractivity contribution >= 4 is 38.9 Å². The summed E-state index contributed by atoms with van der Waals surface area (Å²) in [4.78, 5) is 2.36. The first-order valence-electron chi connectivity index (χ1n) is 19.2. The highest BCUT2D eigenvalue weighted by Gasteiger charge is 2.18. The number of benzene rings is 9. The van der Waals surface area contributed by atoms with Crippen LogP contribution in [0.15, 0.2) is 231 Å². The third-order valence-electron chi connectivity index (χ3n) is 10.8. The first-order chi connectivity index (χ1) is 27.8. The Balaban J connectivity index is 1.11. The van der Waals surface area contributed by atoms with E-state index in [0.717, 1.165) is 28.3 Å². The Morgan fingerprint density at radius 2 is 0.679 bits per heavy atom. The van der Waals surface area contributed by atoms with Crippen LogP contribution in [0, 0.1) is 0 Å². The monoisotopic (exact) mass is 714 g/mol. The predicted molar refractivity (Wildman–Crippen MR) is 237 cm³/mol. The molecular formula is C54H38N2. The van der Waals surface area contributed by atoms with E-state index in [2.05, 4.69) is 240 Å². The van der Waals surface area contributed by atoms with E-state index < -0.39 is 0 Å². The SMILES string of the molecule is c1ccc(-c2ccc(-n3c4ccc(-c5ccccc5)cc4c4ccc(N(c5ccccc5)c5ccc(-c6cccc(-c7ccccc7)c6)cc5)cc43)cc2)cc1. The number of hydrogen-bond acceptors (Lipinski definition) is 1. The predicted octanol–water partition coefficient (Wildman–Crippen LogP) is 14.9. The number of aromatic nitrogens is 1. The lowest BCUT2D eigenvalue weighted by atomic mass is 9.99. The molecule has 0 aliphatic heterocycles. The van der Waals surface area contributed by atoms with Gasteiger partial charge >= 0.3 is 0 Å². The average Bonchev–Trinajstić information content (AvgIpc) is 3.61. The lowest BCUT2D eigenvalue weighted by Gasteiger charge is -2.26. The van der Waals surface area contributed by atoms with Crippen LogP contribution in [0.3, 0.4) is 0 Å². The quantitative estimate of drug-likeness (QED) is 0.152. The molecule has 0 atom stereocenters. The van der Waals surface area contributed by atoms with Crippen LogP contribution in [0.5, 0.6) is 0 Å². The maximum atomic E-state index is 2.42. The second kappa shape index (κ2) is 14.4. The Labute approximate surface area is 327 Å². The number of fused-ring (bicyclic) bond motifs is 3. The van der Waals surface area contributed by atoms with E-state index in [0.29, 0.717) is 0 Å². The van der Waals surface area contributed by atoms with Gasteiger partial charge in [0.25, 0.3) is 0 Å². The zero-order valence-corrected chi connectivity index (χ0v) is 30.8. The van der Waals surface area contributed by atoms with E-state index in [-0.39, 0.29) is 0 Å². The maximum absolute atomic E-state index is 2.42. The molecule has 0 unspecified atom stereocenters. The van der Waals surface area contributed by atoms with Gasteiger partial charge in [0.2, 0.25) is 0 Å². The topological polar surface area (TPSA) is 8.17 Å². The van der Waals surface area contributed by atoms with Gasteiger partial charge in [0.15, 0.2) is 0 Å². The van der Waals surface area contributed by atoms with Crippen LogP contribution in [-0.4, -0.2) is 4.57 Å². The van der Waals surface area contributed by atoms with Gasteiger partial charge in [0, 0.05) is 33.5 Å². The minimum atomic E-state index is 1.09. The van der Waals surface area contributed by atoms with Gasteiger partial charge in [-0.2, -0.15) is 0 Å². The highest BCUT2D eigenvalue weighted by molar-refractivity contribution is 6.11. The highest BCUT2D eigenvalue weighted by Crippen LogP contribution is 2.41. The van der Waals surface area contributed by atoms with Gasteiger partial charge < -0.3 is 9.47 Å². The fourth-order valence-corrected chi connectivity index (χ4v) is 8.01. The summed E-state index contributed by atoms with van der Waals surface area (Å²) in [5.74, 6) is 0. The van der Waals surface area contributed by atoms with Gasteiger partial charge in [-0.05, 0) is 111 Å². The molecule has 2 nitrogen and oxygen atoms in total. The first-order valence-corrected chi connectivity index (χ1v) is 19.2. The molecule has 56 heavy (non-hydrogen) atoms. The second-order valence-electron chi connectivity index (χ2n) is 14.2. The van der Waals surface area contributed by atoms with E-state index >= 15 is 0 Å². The van der Waals surface area contributed by atoms with Crippen molar-refractivity contribution in [3.63, 3.8) is 0 Å². The zero-order valence-electron chi connectivity index (χ0n) is 30.8. The molecule has 0 N–H and O–H groups in total. The molecular weight excluding hydrogens is 677 g/mol. The maximum Gasteiger partial charge on any atom is 0.0561 e. The molecule has 9 aromatic carbocycles. The molecule has 0 saturated heterocycles. The highest BCUT2D eigenvalue weighted by atomic mass is 15.1. The minimum Gasteiger partial charge on any atom is -0.310 e. The minimum absolute atomic E-state index is 1.09. The van der Waals surface area contributed by atoms with Crippen molar-refractivity contribution in [1.82, 2.24) is 4.57 Å². The standard InChI is InChI=1S/C54H38N2/c1-5-14-39(15-6-1)42-24-31-49(32-25-42)56-53-35-28-46(41-18-9-3-10-19-41)37-52(53)51-34-33-50(38-54(51)56)55(47-22-11-4-12-23-47)48-29-26-43(27-30-48)45-21-13-20-44(36-45)40-16-7-2-8-17-40/h1-38H. The van der Waals surface area contributed by atoms with Crippen molar-refractivity contribution in [2.45, 2.75) is 0 Å². The molecule has 0 radical (unpaired) electrons. The first kappa shape index (κ1) is 33.2. The Kier molecular flexibility index (Phi) is 8.55. The smallest absolute Gasteiger partial charge is 0.0561 e. The fourth-order valence-electron chi connectivity index (χ4n) is 8.01. The Hall–Kier alpha value is -7.42. The van der Waals surface area contributed by atoms with Gasteiger partial charge in [0.1, 0.15) is 0 Å². The molecule has 0 saturated carbocycles. The van der Waals surface area contributed by atoms with Gasteiger partial charge in [-0.3, -0.25) is 0 Å². The van der Waals surface area contributed by atoms with Crippen LogP contribution in [0.1, 0.15) is 0 Å². The summed E-state index contributed by atoms with van der Waals surface area (Å²) < 4.78 is 2.42. The summed E-state index contributed by atoms with van der Waals surface area (Å²) >= 11 is 0. The number of para-hydroxylation sites is 1. The zero-order chi connectivity index (χ0) is 37.3. The summed E-state index contributed by atoms with van der Waals surface area (Å²) in [7, 11) is 0. The van der Waals surface area contributed by atoms with Crippen molar-refractivity contribution < 1.29 is 0 Å². The molecule has 1 aromatic heterocycles. The normalized spacial score (nSPS) is 11.2. The van der Waals surface area contributed by atoms with Gasteiger partial charge in [-0.25, -0.2) is 0 Å². The summed E-state index contributed by atoms with van der Waals surface area (Å²) in [6.45, 7) is 0. The van der Waals surface area contributed by atoms with E-state index in [4.69, 9.17) is 0 Å². The van der Waals surface area contributed by atoms with E-state index in [1.807, 2.05) is 0 Å². The molecule has 0 aliphatic carbocycles. The summed E-state index contributed by atoms with van der Waals surface area (Å²) in [6, 6.07) is 83.0. The lowest BCUT2D eigenvalue weighted by molar-refractivity contribution is 1.18. The van der Waals surface area contributed by atoms with Crippen LogP contribution >= 0.6 is 0 Å². The van der Waals surface area contributed by atoms with E-state index in [1.165, 1.54) is 60.8 Å². The largest absolute Gasteiger partial charge is 0.310 e. The van der Waals surface area contributed by atoms with E-state index in [1.54, 1.807) is 0 Å². The molecule has 10 aromatic rings. The Morgan fingerprint density at radius 3 is 1.29 bits per heavy atom. The molecule has 264 valence electrons. The fraction of sp³-hybridized carbons (Fsp3) is 0. The van der Waals surface area contributed by atoms with Crippen LogP contribution in [-0.2, 0) is 0 Å². The van der Waals surface area contributed by atoms with Crippen molar-refractivity contribution in [3.05, 3.63) is 231 Å². The van der Waals surface area contributed by atoms with Crippen molar-refractivity contribution in [2.24, 2.45) is 0 Å². The average molecular weight is 715 g/mol. The van der Waals surface area contributed by atoms with Gasteiger partial charge in [0.05, 0.1) is 11.0 Å². The van der Waals surface area contributed by atoms with Crippen molar-refractivity contribution in [3.8, 4) is 50.2 Å². The second-order valence-corrected chi connectivity index (χ2v) is 14.2. The molecule has 10 rings (SSSR count). The molecule has 0 fully saturated rings. The lowest BCUT2D eigenvalue weighted by Crippen LogP contribution is -2.10. The molecule has 1 heterocycles. The summed E-state index contributed by atoms with van der Waals surface area (Å²) in [5, 5.41) is 2.45. The third-order valence-corrected chi connectivity index (χ3v) is 10.8. The van der Waals surface area contributed by atoms with Crippen LogP contribution < -0.4 is 4.90 Å². The molecule has 2 heteroatoms. The molecule has 0 aliphatic rings. The Morgan fingerprint density at radius 1 is 0.250 bits per heavy atom. The third kappa shape index (κ3) is 6.24. The van der Waals surface area contributed by atoms with Crippen LogP contribution in [0.4, 0.5) is 17.1 Å². The Bertz CT molecular complexity index is 2910. The number of rotatable bonds is 8. The van der Waals surface area contributed by atoms with Crippen LogP contribution in [0.2, 0.25) is 0 Å². The van der Waals surface area contributed by atoms with Crippen molar-refractivity contribution in [1.29, 1.82) is 0 Å². The van der Waals surface area contributed by atoms with Crippen molar-refractivity contribution in [2.75, 3.05) is 4.90 Å². The van der Waals surface area contributed by atoms with Crippen LogP contribution in [0.25, 0.3) is 72.0 Å².